The fraction of sp³-hybridized carbons (Fsp3) is 0.133. The summed E-state index contributed by atoms with van der Waals surface area (Å²) in [5.74, 6) is 0.829. The van der Waals surface area contributed by atoms with Gasteiger partial charge >= 0.3 is 0 Å². The number of aromatic nitrogens is 3. The Morgan fingerprint density at radius 2 is 2.05 bits per heavy atom. The van der Waals surface area contributed by atoms with E-state index >= 15 is 0 Å². The summed E-state index contributed by atoms with van der Waals surface area (Å²) >= 11 is 0. The zero-order valence-electron chi connectivity index (χ0n) is 10.9. The zero-order chi connectivity index (χ0) is 13.9. The largest absolute Gasteiger partial charge is 0.497 e. The maximum absolute atomic E-state index is 9.04. The summed E-state index contributed by atoms with van der Waals surface area (Å²) in [4.78, 5) is 4.03. The van der Waals surface area contributed by atoms with Gasteiger partial charge in [-0.25, -0.2) is 0 Å². The maximum atomic E-state index is 9.04. The smallest absolute Gasteiger partial charge is 0.118 e. The molecule has 3 aromatic rings. The predicted molar refractivity (Wildman–Crippen MR) is 74.3 cm³/mol. The lowest BCUT2D eigenvalue weighted by molar-refractivity contribution is 0.414. The number of nitriles is 1. The molecule has 0 aliphatic heterocycles. The molecule has 5 heteroatoms. The van der Waals surface area contributed by atoms with Gasteiger partial charge < -0.3 is 4.74 Å². The Hall–Kier alpha value is -2.87. The van der Waals surface area contributed by atoms with Crippen LogP contribution < -0.4 is 4.74 Å². The quantitative estimate of drug-likeness (QED) is 0.728. The molecule has 0 unspecified atom stereocenters. The Kier molecular flexibility index (Phi) is 3.05. The van der Waals surface area contributed by atoms with E-state index in [4.69, 9.17) is 10.00 Å². The SMILES string of the molecule is COc1ccc(Cn2cc3cncc(C#N)c3n2)cc1. The molecule has 0 radical (unpaired) electrons. The highest BCUT2D eigenvalue weighted by atomic mass is 16.5. The molecule has 2 aromatic heterocycles. The predicted octanol–water partition coefficient (Wildman–Crippen LogP) is 2.36. The standard InChI is InChI=1S/C15H12N4O/c1-20-14-4-2-11(3-5-14)9-19-10-13-8-17-7-12(6-16)15(13)18-19/h2-5,7-8,10H,9H2,1H3. The van der Waals surface area contributed by atoms with E-state index in [1.807, 2.05) is 35.1 Å². The molecule has 1 aromatic carbocycles. The maximum Gasteiger partial charge on any atom is 0.118 e. The van der Waals surface area contributed by atoms with E-state index in [9.17, 15) is 0 Å². The van der Waals surface area contributed by atoms with Crippen molar-refractivity contribution in [1.82, 2.24) is 14.8 Å². The van der Waals surface area contributed by atoms with Gasteiger partial charge in [0.15, 0.2) is 0 Å². The molecule has 0 saturated heterocycles. The van der Waals surface area contributed by atoms with Gasteiger partial charge in [-0.15, -0.1) is 0 Å². The minimum Gasteiger partial charge on any atom is -0.497 e. The lowest BCUT2D eigenvalue weighted by Gasteiger charge is -2.03. The van der Waals surface area contributed by atoms with Crippen LogP contribution in [0.3, 0.4) is 0 Å². The van der Waals surface area contributed by atoms with Crippen LogP contribution in [0.5, 0.6) is 5.75 Å². The number of nitrogens with zero attached hydrogens (tertiary/aromatic N) is 4. The summed E-state index contributed by atoms with van der Waals surface area (Å²) in [6, 6.07) is 9.93. The first-order valence-corrected chi connectivity index (χ1v) is 6.14. The lowest BCUT2D eigenvalue weighted by atomic mass is 10.2. The average Bonchev–Trinajstić information content (AvgIpc) is 2.90. The van der Waals surface area contributed by atoms with Crippen molar-refractivity contribution >= 4 is 10.9 Å². The van der Waals surface area contributed by atoms with E-state index in [1.165, 1.54) is 6.20 Å². The molecule has 98 valence electrons. The second-order valence-corrected chi connectivity index (χ2v) is 4.41. The number of benzene rings is 1. The summed E-state index contributed by atoms with van der Waals surface area (Å²) in [5, 5.41) is 14.4. The Bertz CT molecular complexity index is 784. The molecule has 0 fully saturated rings. The van der Waals surface area contributed by atoms with Gasteiger partial charge in [-0.05, 0) is 17.7 Å². The number of rotatable bonds is 3. The van der Waals surface area contributed by atoms with Gasteiger partial charge in [0.2, 0.25) is 0 Å². The monoisotopic (exact) mass is 264 g/mol. The summed E-state index contributed by atoms with van der Waals surface area (Å²) < 4.78 is 6.95. The fourth-order valence-corrected chi connectivity index (χ4v) is 2.07. The Balaban J connectivity index is 1.92. The number of methoxy groups -OCH3 is 1. The first kappa shape index (κ1) is 12.2. The van der Waals surface area contributed by atoms with Crippen LogP contribution in [0.4, 0.5) is 0 Å². The Morgan fingerprint density at radius 1 is 1.25 bits per heavy atom. The molecule has 0 aliphatic rings. The summed E-state index contributed by atoms with van der Waals surface area (Å²) in [7, 11) is 1.64. The minimum atomic E-state index is 0.496. The Morgan fingerprint density at radius 3 is 2.75 bits per heavy atom. The van der Waals surface area contributed by atoms with Gasteiger partial charge in [0.1, 0.15) is 17.3 Å². The van der Waals surface area contributed by atoms with Crippen LogP contribution in [-0.4, -0.2) is 21.9 Å². The number of hydrogen-bond donors (Lipinski definition) is 0. The molecule has 0 bridgehead atoms. The fourth-order valence-electron chi connectivity index (χ4n) is 2.07. The topological polar surface area (TPSA) is 63.7 Å². The number of hydrogen-bond acceptors (Lipinski definition) is 4. The third-order valence-corrected chi connectivity index (χ3v) is 3.09. The highest BCUT2D eigenvalue weighted by Gasteiger charge is 2.06. The Labute approximate surface area is 116 Å². The average molecular weight is 264 g/mol. The van der Waals surface area contributed by atoms with Crippen molar-refractivity contribution in [3.8, 4) is 11.8 Å². The first-order valence-electron chi connectivity index (χ1n) is 6.14. The zero-order valence-corrected chi connectivity index (χ0v) is 10.9. The highest BCUT2D eigenvalue weighted by molar-refractivity contribution is 5.82. The molecule has 0 spiro atoms. The summed E-state index contributed by atoms with van der Waals surface area (Å²) in [6.07, 6.45) is 5.15. The number of fused-ring (bicyclic) bond motifs is 1. The van der Waals surface area contributed by atoms with E-state index in [2.05, 4.69) is 16.2 Å². The van der Waals surface area contributed by atoms with Crippen molar-refractivity contribution in [3.63, 3.8) is 0 Å². The molecule has 0 atom stereocenters. The normalized spacial score (nSPS) is 10.4. The third kappa shape index (κ3) is 2.19. The molecular formula is C15H12N4O. The van der Waals surface area contributed by atoms with Crippen molar-refractivity contribution in [2.45, 2.75) is 6.54 Å². The van der Waals surface area contributed by atoms with Gasteiger partial charge in [0.05, 0.1) is 19.2 Å². The minimum absolute atomic E-state index is 0.496. The van der Waals surface area contributed by atoms with Crippen LogP contribution >= 0.6 is 0 Å². The molecule has 0 aliphatic carbocycles. The van der Waals surface area contributed by atoms with Gasteiger partial charge in [0, 0.05) is 24.0 Å². The van der Waals surface area contributed by atoms with Gasteiger partial charge in [-0.1, -0.05) is 12.1 Å². The number of ether oxygens (including phenoxy) is 1. The third-order valence-electron chi connectivity index (χ3n) is 3.09. The second kappa shape index (κ2) is 5.02. The molecule has 20 heavy (non-hydrogen) atoms. The van der Waals surface area contributed by atoms with Gasteiger partial charge in [-0.3, -0.25) is 9.67 Å². The van der Waals surface area contributed by atoms with E-state index in [1.54, 1.807) is 13.3 Å². The molecule has 3 rings (SSSR count). The number of pyridine rings is 1. The van der Waals surface area contributed by atoms with E-state index in [0.717, 1.165) is 16.7 Å². The molecule has 0 saturated carbocycles. The molecule has 2 heterocycles. The van der Waals surface area contributed by atoms with Crippen LogP contribution in [0.1, 0.15) is 11.1 Å². The van der Waals surface area contributed by atoms with Crippen LogP contribution in [0.15, 0.2) is 42.9 Å². The van der Waals surface area contributed by atoms with Gasteiger partial charge in [-0.2, -0.15) is 10.4 Å². The van der Waals surface area contributed by atoms with Gasteiger partial charge in [0.25, 0.3) is 0 Å². The van der Waals surface area contributed by atoms with Crippen LogP contribution in [0, 0.1) is 11.3 Å². The van der Waals surface area contributed by atoms with E-state index in [0.29, 0.717) is 17.6 Å². The van der Waals surface area contributed by atoms with Crippen LogP contribution in [0.2, 0.25) is 0 Å². The molecular weight excluding hydrogens is 252 g/mol. The van der Waals surface area contributed by atoms with Crippen LogP contribution in [-0.2, 0) is 6.54 Å². The molecule has 5 nitrogen and oxygen atoms in total. The van der Waals surface area contributed by atoms with Crippen molar-refractivity contribution in [1.29, 1.82) is 5.26 Å². The van der Waals surface area contributed by atoms with E-state index < -0.39 is 0 Å². The summed E-state index contributed by atoms with van der Waals surface area (Å²) in [6.45, 7) is 0.642. The van der Waals surface area contributed by atoms with E-state index in [-0.39, 0.29) is 0 Å². The second-order valence-electron chi connectivity index (χ2n) is 4.41. The molecule has 0 amide bonds. The first-order chi connectivity index (χ1) is 9.80. The van der Waals surface area contributed by atoms with Crippen molar-refractivity contribution in [3.05, 3.63) is 54.0 Å². The lowest BCUT2D eigenvalue weighted by Crippen LogP contribution is -2.00. The van der Waals surface area contributed by atoms with Crippen molar-refractivity contribution in [2.24, 2.45) is 0 Å². The van der Waals surface area contributed by atoms with Crippen molar-refractivity contribution in [2.75, 3.05) is 7.11 Å². The highest BCUT2D eigenvalue weighted by Crippen LogP contribution is 2.16. The summed E-state index contributed by atoms with van der Waals surface area (Å²) in [5.41, 5.74) is 2.30. The molecule has 0 N–H and O–H groups in total. The van der Waals surface area contributed by atoms with Crippen LogP contribution in [0.25, 0.3) is 10.9 Å². The van der Waals surface area contributed by atoms with Crippen molar-refractivity contribution < 1.29 is 4.74 Å².